The van der Waals surface area contributed by atoms with Gasteiger partial charge in [0.05, 0.1) is 6.54 Å². The summed E-state index contributed by atoms with van der Waals surface area (Å²) in [6, 6.07) is 8.48. The summed E-state index contributed by atoms with van der Waals surface area (Å²) in [6.07, 6.45) is 5.51. The fourth-order valence-electron chi connectivity index (χ4n) is 1.85. The number of aryl methyl sites for hydroxylation is 1. The number of nitrogens with zero attached hydrogens (tertiary/aromatic N) is 3. The summed E-state index contributed by atoms with van der Waals surface area (Å²) in [5.41, 5.74) is 8.63. The van der Waals surface area contributed by atoms with Crippen molar-refractivity contribution in [1.82, 2.24) is 14.8 Å². The minimum Gasteiger partial charge on any atom is -0.322 e. The second-order valence-electron chi connectivity index (χ2n) is 4.22. The molecule has 1 unspecified atom stereocenters. The lowest BCUT2D eigenvalue weighted by atomic mass is 10.0. The first-order valence-corrected chi connectivity index (χ1v) is 5.96. The molecule has 2 N–H and O–H groups in total. The van der Waals surface area contributed by atoms with Gasteiger partial charge in [-0.1, -0.05) is 37.6 Å². The highest BCUT2D eigenvalue weighted by Crippen LogP contribution is 2.14. The molecule has 0 aliphatic carbocycles. The lowest BCUT2D eigenvalue weighted by Crippen LogP contribution is -2.17. The molecule has 1 atom stereocenters. The Bertz CT molecular complexity index is 433. The molecule has 2 aromatic rings. The van der Waals surface area contributed by atoms with Crippen LogP contribution in [0, 0.1) is 0 Å². The molecule has 0 bridgehead atoms. The summed E-state index contributed by atoms with van der Waals surface area (Å²) in [6.45, 7) is 2.84. The molecule has 1 heterocycles. The smallest absolute Gasteiger partial charge is 0.137 e. The molecule has 0 aliphatic rings. The van der Waals surface area contributed by atoms with Gasteiger partial charge in [-0.15, -0.1) is 0 Å². The molecule has 0 amide bonds. The Morgan fingerprint density at radius 1 is 1.29 bits per heavy atom. The van der Waals surface area contributed by atoms with Crippen LogP contribution in [0.5, 0.6) is 0 Å². The molecular formula is C13H18N4. The molecule has 2 rings (SSSR count). The van der Waals surface area contributed by atoms with Crippen LogP contribution in [0.4, 0.5) is 0 Å². The van der Waals surface area contributed by atoms with Crippen molar-refractivity contribution in [3.63, 3.8) is 0 Å². The Balaban J connectivity index is 2.01. The summed E-state index contributed by atoms with van der Waals surface area (Å²) in [4.78, 5) is 3.90. The quantitative estimate of drug-likeness (QED) is 0.854. The molecule has 0 spiro atoms. The van der Waals surface area contributed by atoms with E-state index < -0.39 is 0 Å². The molecule has 4 nitrogen and oxygen atoms in total. The van der Waals surface area contributed by atoms with Crippen molar-refractivity contribution in [2.45, 2.75) is 32.4 Å². The zero-order valence-corrected chi connectivity index (χ0v) is 10.1. The van der Waals surface area contributed by atoms with E-state index in [4.69, 9.17) is 5.73 Å². The molecule has 0 fully saturated rings. The van der Waals surface area contributed by atoms with Gasteiger partial charge in [0, 0.05) is 6.04 Å². The number of rotatable bonds is 5. The molecular weight excluding hydrogens is 212 g/mol. The van der Waals surface area contributed by atoms with E-state index in [9.17, 15) is 0 Å². The summed E-state index contributed by atoms with van der Waals surface area (Å²) in [5, 5.41) is 4.05. The van der Waals surface area contributed by atoms with Gasteiger partial charge in [0.15, 0.2) is 0 Å². The number of hydrogen-bond donors (Lipinski definition) is 1. The highest BCUT2D eigenvalue weighted by atomic mass is 15.3. The number of benzene rings is 1. The minimum atomic E-state index is -0.0348. The van der Waals surface area contributed by atoms with Crippen molar-refractivity contribution in [2.75, 3.05) is 0 Å². The Labute approximate surface area is 101 Å². The van der Waals surface area contributed by atoms with Crippen molar-refractivity contribution in [3.05, 3.63) is 48.0 Å². The number of hydrogen-bond acceptors (Lipinski definition) is 3. The highest BCUT2D eigenvalue weighted by Gasteiger charge is 2.06. The normalized spacial score (nSPS) is 12.6. The minimum absolute atomic E-state index is 0.0348. The third-order valence-corrected chi connectivity index (χ3v) is 2.80. The van der Waals surface area contributed by atoms with Crippen molar-refractivity contribution < 1.29 is 0 Å². The molecule has 90 valence electrons. The maximum absolute atomic E-state index is 6.12. The molecule has 17 heavy (non-hydrogen) atoms. The maximum Gasteiger partial charge on any atom is 0.137 e. The fraction of sp³-hybridized carbons (Fsp3) is 0.385. The van der Waals surface area contributed by atoms with Crippen LogP contribution in [0.25, 0.3) is 0 Å². The summed E-state index contributed by atoms with van der Waals surface area (Å²) >= 11 is 0. The van der Waals surface area contributed by atoms with E-state index in [1.54, 1.807) is 11.0 Å². The van der Waals surface area contributed by atoms with Crippen molar-refractivity contribution in [3.8, 4) is 0 Å². The van der Waals surface area contributed by atoms with E-state index in [0.29, 0.717) is 6.54 Å². The number of nitrogens with two attached hydrogens (primary N) is 1. The van der Waals surface area contributed by atoms with Crippen molar-refractivity contribution in [1.29, 1.82) is 0 Å². The van der Waals surface area contributed by atoms with Crippen molar-refractivity contribution in [2.24, 2.45) is 5.73 Å². The third-order valence-electron chi connectivity index (χ3n) is 2.80. The summed E-state index contributed by atoms with van der Waals surface area (Å²) in [5.74, 6) is 0. The lowest BCUT2D eigenvalue weighted by Gasteiger charge is -2.12. The molecule has 1 aromatic heterocycles. The molecule has 0 saturated carbocycles. The van der Waals surface area contributed by atoms with E-state index in [1.165, 1.54) is 18.3 Å². The van der Waals surface area contributed by atoms with Crippen molar-refractivity contribution >= 4 is 0 Å². The molecule has 0 saturated heterocycles. The van der Waals surface area contributed by atoms with Crippen LogP contribution in [-0.4, -0.2) is 14.8 Å². The first kappa shape index (κ1) is 11.8. The van der Waals surface area contributed by atoms with E-state index in [1.807, 2.05) is 0 Å². The predicted molar refractivity (Wildman–Crippen MR) is 67.4 cm³/mol. The average Bonchev–Trinajstić information content (AvgIpc) is 2.83. The van der Waals surface area contributed by atoms with Crippen LogP contribution >= 0.6 is 0 Å². The van der Waals surface area contributed by atoms with E-state index >= 15 is 0 Å². The van der Waals surface area contributed by atoms with Crippen LogP contribution in [0.15, 0.2) is 36.9 Å². The number of aromatic nitrogens is 3. The molecule has 1 aromatic carbocycles. The second kappa shape index (κ2) is 5.59. The zero-order chi connectivity index (χ0) is 12.1. The second-order valence-corrected chi connectivity index (χ2v) is 4.22. The summed E-state index contributed by atoms with van der Waals surface area (Å²) < 4.78 is 1.75. The first-order chi connectivity index (χ1) is 8.29. The van der Waals surface area contributed by atoms with E-state index in [2.05, 4.69) is 41.3 Å². The molecule has 0 aliphatic heterocycles. The average molecular weight is 230 g/mol. The topological polar surface area (TPSA) is 56.7 Å². The Kier molecular flexibility index (Phi) is 3.88. The van der Waals surface area contributed by atoms with Gasteiger partial charge in [0.2, 0.25) is 0 Å². The van der Waals surface area contributed by atoms with Gasteiger partial charge in [-0.3, -0.25) is 4.68 Å². The van der Waals surface area contributed by atoms with Crippen LogP contribution in [0.2, 0.25) is 0 Å². The first-order valence-electron chi connectivity index (χ1n) is 5.96. The Hall–Kier alpha value is -1.68. The van der Waals surface area contributed by atoms with Gasteiger partial charge < -0.3 is 5.73 Å². The van der Waals surface area contributed by atoms with Gasteiger partial charge in [-0.25, -0.2) is 4.98 Å². The standard InChI is InChI=1S/C13H18N4/c1-2-3-11-4-6-12(7-5-11)13(14)8-17-10-15-9-16-17/h4-7,9-10,13H,2-3,8,14H2,1H3. The lowest BCUT2D eigenvalue weighted by molar-refractivity contribution is 0.526. The van der Waals surface area contributed by atoms with E-state index in [-0.39, 0.29) is 6.04 Å². The zero-order valence-electron chi connectivity index (χ0n) is 10.1. The van der Waals surface area contributed by atoms with Gasteiger partial charge in [0.25, 0.3) is 0 Å². The van der Waals surface area contributed by atoms with Gasteiger partial charge >= 0.3 is 0 Å². The van der Waals surface area contributed by atoms with Crippen LogP contribution < -0.4 is 5.73 Å². The predicted octanol–water partition coefficient (Wildman–Crippen LogP) is 1.93. The van der Waals surface area contributed by atoms with Crippen LogP contribution in [0.3, 0.4) is 0 Å². The van der Waals surface area contributed by atoms with Gasteiger partial charge in [-0.2, -0.15) is 5.10 Å². The van der Waals surface area contributed by atoms with Crippen LogP contribution in [0.1, 0.15) is 30.5 Å². The Morgan fingerprint density at radius 3 is 2.65 bits per heavy atom. The SMILES string of the molecule is CCCc1ccc(C(N)Cn2cncn2)cc1. The third kappa shape index (κ3) is 3.14. The molecule has 4 heteroatoms. The fourth-order valence-corrected chi connectivity index (χ4v) is 1.85. The Morgan fingerprint density at radius 2 is 2.06 bits per heavy atom. The largest absolute Gasteiger partial charge is 0.322 e. The molecule has 0 radical (unpaired) electrons. The van der Waals surface area contributed by atoms with E-state index in [0.717, 1.165) is 12.0 Å². The van der Waals surface area contributed by atoms with Gasteiger partial charge in [-0.05, 0) is 17.5 Å². The summed E-state index contributed by atoms with van der Waals surface area (Å²) in [7, 11) is 0. The highest BCUT2D eigenvalue weighted by molar-refractivity contribution is 5.24. The van der Waals surface area contributed by atoms with Gasteiger partial charge in [0.1, 0.15) is 12.7 Å². The van der Waals surface area contributed by atoms with Crippen LogP contribution in [-0.2, 0) is 13.0 Å². The maximum atomic E-state index is 6.12. The monoisotopic (exact) mass is 230 g/mol.